The van der Waals surface area contributed by atoms with Gasteiger partial charge in [0.05, 0.1) is 19.5 Å². The highest BCUT2D eigenvalue weighted by Crippen LogP contribution is 2.42. The summed E-state index contributed by atoms with van der Waals surface area (Å²) in [6.07, 6.45) is 2.17. The molecule has 0 spiro atoms. The Morgan fingerprint density at radius 3 is 2.15 bits per heavy atom. The zero-order valence-electron chi connectivity index (χ0n) is 15.3. The van der Waals surface area contributed by atoms with Gasteiger partial charge in [-0.25, -0.2) is 9.56 Å². The van der Waals surface area contributed by atoms with Crippen molar-refractivity contribution < 1.29 is 28.7 Å². The van der Waals surface area contributed by atoms with E-state index in [0.29, 0.717) is 5.17 Å². The van der Waals surface area contributed by atoms with Crippen LogP contribution in [0.4, 0.5) is 0 Å². The minimum atomic E-state index is -4.64. The molecule has 0 saturated heterocycles. The molecule has 1 unspecified atom stereocenters. The summed E-state index contributed by atoms with van der Waals surface area (Å²) < 4.78 is 19.5. The fourth-order valence-corrected chi connectivity index (χ4v) is 2.99. The average Bonchev–Trinajstić information content (AvgIpc) is 2.51. The molecule has 0 fully saturated rings. The molecular formula is C16H25N2O6PS. The van der Waals surface area contributed by atoms with Crippen LogP contribution < -0.4 is 15.2 Å². The first-order valence-electron chi connectivity index (χ1n) is 7.58. The van der Waals surface area contributed by atoms with E-state index >= 15 is 0 Å². The summed E-state index contributed by atoms with van der Waals surface area (Å²) >= 11 is 1.55. The third-order valence-corrected chi connectivity index (χ3v) is 4.29. The summed E-state index contributed by atoms with van der Waals surface area (Å²) in [6.45, 7) is 6.41. The highest BCUT2D eigenvalue weighted by atomic mass is 32.2. The van der Waals surface area contributed by atoms with Crippen LogP contribution in [0.2, 0.25) is 0 Å². The fraction of sp³-hybridized carbons (Fsp3) is 0.438. The van der Waals surface area contributed by atoms with Gasteiger partial charge in [-0.2, -0.15) is 0 Å². The summed E-state index contributed by atoms with van der Waals surface area (Å²) in [5.41, 5.74) is 8.10. The molecule has 1 aliphatic rings. The molecule has 146 valence electrons. The number of hydrogen-bond donors (Lipinski definition) is 4. The van der Waals surface area contributed by atoms with Crippen molar-refractivity contribution in [1.82, 2.24) is 0 Å². The third-order valence-electron chi connectivity index (χ3n) is 3.29. The van der Waals surface area contributed by atoms with E-state index in [9.17, 15) is 0 Å². The second-order valence-corrected chi connectivity index (χ2v) is 8.61. The van der Waals surface area contributed by atoms with Gasteiger partial charge in [0.2, 0.25) is 0 Å². The number of nitrogens with zero attached hydrogens (tertiary/aromatic N) is 1. The van der Waals surface area contributed by atoms with Crippen LogP contribution in [0.15, 0.2) is 35.0 Å². The van der Waals surface area contributed by atoms with Gasteiger partial charge in [0, 0.05) is 11.1 Å². The van der Waals surface area contributed by atoms with E-state index in [2.05, 4.69) is 31.8 Å². The van der Waals surface area contributed by atoms with E-state index in [1.54, 1.807) is 26.0 Å². The monoisotopic (exact) mass is 404 g/mol. The molecular weight excluding hydrogens is 379 g/mol. The molecule has 0 saturated carbocycles. The lowest BCUT2D eigenvalue weighted by Crippen LogP contribution is -2.19. The number of aliphatic imine (C=N–C) groups is 1. The predicted octanol–water partition coefficient (Wildman–Crippen LogP) is 2.81. The summed E-state index contributed by atoms with van der Waals surface area (Å²) in [5.74, 6) is 1.45. The Hall–Kier alpha value is -1.51. The van der Waals surface area contributed by atoms with Crippen LogP contribution in [-0.4, -0.2) is 34.1 Å². The largest absolute Gasteiger partial charge is 0.493 e. The number of phosphoric acid groups is 1. The predicted molar refractivity (Wildman–Crippen MR) is 103 cm³/mol. The lowest BCUT2D eigenvalue weighted by atomic mass is 9.91. The van der Waals surface area contributed by atoms with Gasteiger partial charge in [-0.3, -0.25) is 0 Å². The molecule has 0 radical (unpaired) electrons. The van der Waals surface area contributed by atoms with Gasteiger partial charge in [-0.05, 0) is 23.8 Å². The Morgan fingerprint density at radius 2 is 1.69 bits per heavy atom. The second kappa shape index (κ2) is 8.92. The summed E-state index contributed by atoms with van der Waals surface area (Å²) in [4.78, 5) is 26.0. The van der Waals surface area contributed by atoms with Crippen molar-refractivity contribution in [3.63, 3.8) is 0 Å². The topological polar surface area (TPSA) is 135 Å². The lowest BCUT2D eigenvalue weighted by molar-refractivity contribution is 0.275. The van der Waals surface area contributed by atoms with E-state index in [-0.39, 0.29) is 10.7 Å². The van der Waals surface area contributed by atoms with Crippen molar-refractivity contribution in [3.8, 4) is 11.5 Å². The smallest absolute Gasteiger partial charge is 0.466 e. The Kier molecular flexibility index (Phi) is 7.73. The van der Waals surface area contributed by atoms with Crippen molar-refractivity contribution in [3.05, 3.63) is 35.5 Å². The zero-order chi connectivity index (χ0) is 20.1. The van der Waals surface area contributed by atoms with Crippen molar-refractivity contribution in [2.45, 2.75) is 26.0 Å². The Morgan fingerprint density at radius 1 is 1.15 bits per heavy atom. The fourth-order valence-electron chi connectivity index (χ4n) is 2.10. The molecule has 1 atom stereocenters. The number of methoxy groups -OCH3 is 2. The SMILES string of the molecule is COc1ccc(C2C=C(C(C)(C)C)N=C(N)S2)cc1OC.O=P(O)(O)O. The lowest BCUT2D eigenvalue weighted by Gasteiger charge is -2.26. The Labute approximate surface area is 157 Å². The normalized spacial score (nSPS) is 17.5. The molecule has 0 amide bonds. The number of nitrogens with two attached hydrogens (primary N) is 1. The minimum Gasteiger partial charge on any atom is -0.493 e. The number of rotatable bonds is 3. The van der Waals surface area contributed by atoms with Crippen LogP contribution in [-0.2, 0) is 4.57 Å². The number of ether oxygens (including phenoxy) is 2. The second-order valence-electron chi connectivity index (χ2n) is 6.42. The van der Waals surface area contributed by atoms with Crippen LogP contribution in [0.1, 0.15) is 31.6 Å². The average molecular weight is 404 g/mol. The maximum atomic E-state index is 8.88. The number of allylic oxidation sites excluding steroid dienone is 1. The van der Waals surface area contributed by atoms with Crippen LogP contribution in [0, 0.1) is 5.41 Å². The van der Waals surface area contributed by atoms with Gasteiger partial charge >= 0.3 is 7.82 Å². The van der Waals surface area contributed by atoms with Gasteiger partial charge in [0.25, 0.3) is 0 Å². The molecule has 1 aromatic rings. The van der Waals surface area contributed by atoms with E-state index in [1.165, 1.54) is 0 Å². The van der Waals surface area contributed by atoms with Crippen molar-refractivity contribution in [2.24, 2.45) is 16.1 Å². The van der Waals surface area contributed by atoms with Gasteiger partial charge in [0.1, 0.15) is 0 Å². The first kappa shape index (κ1) is 22.5. The van der Waals surface area contributed by atoms with Crippen LogP contribution in [0.5, 0.6) is 11.5 Å². The molecule has 26 heavy (non-hydrogen) atoms. The molecule has 0 aliphatic carbocycles. The Bertz CT molecular complexity index is 730. The molecule has 0 aromatic heterocycles. The van der Waals surface area contributed by atoms with Crippen LogP contribution >= 0.6 is 19.6 Å². The van der Waals surface area contributed by atoms with Crippen molar-refractivity contribution in [2.75, 3.05) is 14.2 Å². The maximum absolute atomic E-state index is 8.88. The summed E-state index contributed by atoms with van der Waals surface area (Å²) in [7, 11) is -1.36. The van der Waals surface area contributed by atoms with E-state index in [0.717, 1.165) is 22.8 Å². The first-order chi connectivity index (χ1) is 11.8. The number of thioether (sulfide) groups is 1. The summed E-state index contributed by atoms with van der Waals surface area (Å²) in [5, 5.41) is 0.735. The van der Waals surface area contributed by atoms with Gasteiger partial charge in [-0.1, -0.05) is 38.6 Å². The molecule has 0 bridgehead atoms. The molecule has 5 N–H and O–H groups in total. The minimum absolute atomic E-state index is 0.0274. The van der Waals surface area contributed by atoms with Crippen molar-refractivity contribution in [1.29, 1.82) is 0 Å². The highest BCUT2D eigenvalue weighted by molar-refractivity contribution is 8.14. The maximum Gasteiger partial charge on any atom is 0.466 e. The summed E-state index contributed by atoms with van der Waals surface area (Å²) in [6, 6.07) is 5.95. The van der Waals surface area contributed by atoms with E-state index < -0.39 is 7.82 Å². The van der Waals surface area contributed by atoms with Gasteiger partial charge < -0.3 is 29.9 Å². The van der Waals surface area contributed by atoms with E-state index in [1.807, 2.05) is 18.2 Å². The molecule has 2 rings (SSSR count). The van der Waals surface area contributed by atoms with Gasteiger partial charge in [0.15, 0.2) is 16.7 Å². The standard InChI is InChI=1S/C16H22N2O2S.H3O4P/c1-16(2,3)14-9-13(21-15(17)18-14)10-6-7-11(19-4)12(8-10)20-5;1-5(2,3)4/h6-9,13H,1-5H3,(H2,17,18);(H3,1,2,3,4). The van der Waals surface area contributed by atoms with E-state index in [4.69, 9.17) is 34.5 Å². The van der Waals surface area contributed by atoms with Gasteiger partial charge in [-0.15, -0.1) is 0 Å². The van der Waals surface area contributed by atoms with Crippen LogP contribution in [0.25, 0.3) is 0 Å². The molecule has 8 nitrogen and oxygen atoms in total. The quantitative estimate of drug-likeness (QED) is 0.565. The van der Waals surface area contributed by atoms with Crippen molar-refractivity contribution >= 4 is 24.8 Å². The Balaban J connectivity index is 0.000000597. The van der Waals surface area contributed by atoms with Crippen LogP contribution in [0.3, 0.4) is 0 Å². The number of benzene rings is 1. The zero-order valence-corrected chi connectivity index (χ0v) is 17.0. The molecule has 1 aromatic carbocycles. The molecule has 1 aliphatic heterocycles. The first-order valence-corrected chi connectivity index (χ1v) is 10.0. The molecule has 1 heterocycles. The number of hydrogen-bond acceptors (Lipinski definition) is 6. The molecule has 10 heteroatoms. The third kappa shape index (κ3) is 7.39. The number of amidine groups is 1. The highest BCUT2D eigenvalue weighted by Gasteiger charge is 2.25.